The molecule has 1 unspecified atom stereocenters. The smallest absolute Gasteiger partial charge is 0.0469 e. The molecule has 0 N–H and O–H groups in total. The van der Waals surface area contributed by atoms with Gasteiger partial charge in [0, 0.05) is 32.3 Å². The third kappa shape index (κ3) is 3.25. The summed E-state index contributed by atoms with van der Waals surface area (Å²) in [6, 6.07) is 0.862. The average molecular weight is 252 g/mol. The lowest BCUT2D eigenvalue weighted by Gasteiger charge is -2.36. The van der Waals surface area contributed by atoms with Gasteiger partial charge in [-0.15, -0.1) is 0 Å². The normalized spacial score (nSPS) is 33.0. The summed E-state index contributed by atoms with van der Waals surface area (Å²) in [4.78, 5) is 5.51. The quantitative estimate of drug-likeness (QED) is 0.747. The Labute approximate surface area is 111 Å². The van der Waals surface area contributed by atoms with Gasteiger partial charge in [0.2, 0.25) is 0 Å². The van der Waals surface area contributed by atoms with Crippen LogP contribution in [0.15, 0.2) is 0 Å². The van der Waals surface area contributed by atoms with Gasteiger partial charge in [-0.3, -0.25) is 4.90 Å². The van der Waals surface area contributed by atoms with Crippen LogP contribution in [0.5, 0.6) is 0 Å². The average Bonchev–Trinajstić information content (AvgIpc) is 2.61. The van der Waals surface area contributed by atoms with Crippen LogP contribution in [0.1, 0.15) is 38.5 Å². The molecule has 0 aromatic rings. The van der Waals surface area contributed by atoms with Crippen molar-refractivity contribution in [2.75, 3.05) is 45.9 Å². The highest BCUT2D eigenvalue weighted by molar-refractivity contribution is 4.84. The highest BCUT2D eigenvalue weighted by atomic mass is 16.5. The first-order chi connectivity index (χ1) is 8.92. The molecule has 0 radical (unpaired) electrons. The van der Waals surface area contributed by atoms with Crippen LogP contribution < -0.4 is 0 Å². The van der Waals surface area contributed by atoms with Crippen molar-refractivity contribution in [1.29, 1.82) is 0 Å². The summed E-state index contributed by atoms with van der Waals surface area (Å²) in [6.45, 7) is 8.67. The largest absolute Gasteiger partial charge is 0.381 e. The van der Waals surface area contributed by atoms with E-state index in [-0.39, 0.29) is 0 Å². The Morgan fingerprint density at radius 3 is 2.61 bits per heavy atom. The molecule has 0 spiro atoms. The molecule has 3 nitrogen and oxygen atoms in total. The summed E-state index contributed by atoms with van der Waals surface area (Å²) in [5.74, 6) is 0.897. The fourth-order valence-corrected chi connectivity index (χ4v) is 3.91. The molecule has 0 bridgehead atoms. The van der Waals surface area contributed by atoms with E-state index in [0.29, 0.717) is 0 Å². The lowest BCUT2D eigenvalue weighted by molar-refractivity contribution is 0.0494. The SMILES string of the molecule is C1CCN2CCCN(CC3CCOCC3)CC2C1. The number of hydrogen-bond donors (Lipinski definition) is 0. The van der Waals surface area contributed by atoms with Gasteiger partial charge in [-0.25, -0.2) is 0 Å². The second-order valence-electron chi connectivity index (χ2n) is 6.35. The van der Waals surface area contributed by atoms with E-state index < -0.39 is 0 Å². The zero-order chi connectivity index (χ0) is 12.2. The molecule has 3 heterocycles. The van der Waals surface area contributed by atoms with Gasteiger partial charge < -0.3 is 9.64 Å². The molecule has 0 aromatic heterocycles. The summed E-state index contributed by atoms with van der Waals surface area (Å²) in [5, 5.41) is 0. The van der Waals surface area contributed by atoms with Gasteiger partial charge in [0.15, 0.2) is 0 Å². The minimum absolute atomic E-state index is 0.862. The molecule has 0 saturated carbocycles. The Bertz CT molecular complexity index is 253. The maximum Gasteiger partial charge on any atom is 0.0469 e. The van der Waals surface area contributed by atoms with Gasteiger partial charge in [-0.2, -0.15) is 0 Å². The zero-order valence-electron chi connectivity index (χ0n) is 11.6. The van der Waals surface area contributed by atoms with E-state index in [4.69, 9.17) is 4.74 Å². The van der Waals surface area contributed by atoms with Crippen LogP contribution in [0.25, 0.3) is 0 Å². The van der Waals surface area contributed by atoms with Crippen molar-refractivity contribution in [3.8, 4) is 0 Å². The molecule has 3 fully saturated rings. The fourth-order valence-electron chi connectivity index (χ4n) is 3.91. The van der Waals surface area contributed by atoms with E-state index in [1.54, 1.807) is 0 Å². The predicted octanol–water partition coefficient (Wildman–Crippen LogP) is 1.97. The molecule has 3 saturated heterocycles. The number of hydrogen-bond acceptors (Lipinski definition) is 3. The Morgan fingerprint density at radius 2 is 1.72 bits per heavy atom. The predicted molar refractivity (Wildman–Crippen MR) is 73.8 cm³/mol. The Hall–Kier alpha value is -0.120. The molecular weight excluding hydrogens is 224 g/mol. The molecule has 0 aromatic carbocycles. The van der Waals surface area contributed by atoms with Crippen molar-refractivity contribution in [2.45, 2.75) is 44.6 Å². The molecule has 1 atom stereocenters. The van der Waals surface area contributed by atoms with Crippen molar-refractivity contribution in [2.24, 2.45) is 5.92 Å². The lowest BCUT2D eigenvalue weighted by atomic mass is 9.98. The highest BCUT2D eigenvalue weighted by Crippen LogP contribution is 2.23. The van der Waals surface area contributed by atoms with Crippen LogP contribution in [0.2, 0.25) is 0 Å². The van der Waals surface area contributed by atoms with Crippen LogP contribution in [0, 0.1) is 5.92 Å². The van der Waals surface area contributed by atoms with E-state index in [1.807, 2.05) is 0 Å². The molecule has 104 valence electrons. The number of ether oxygens (including phenoxy) is 1. The maximum atomic E-state index is 5.47. The second-order valence-corrected chi connectivity index (χ2v) is 6.35. The highest BCUT2D eigenvalue weighted by Gasteiger charge is 2.28. The van der Waals surface area contributed by atoms with Gasteiger partial charge in [0.25, 0.3) is 0 Å². The number of nitrogens with zero attached hydrogens (tertiary/aromatic N) is 2. The van der Waals surface area contributed by atoms with E-state index >= 15 is 0 Å². The Balaban J connectivity index is 1.52. The maximum absolute atomic E-state index is 5.47. The third-order valence-electron chi connectivity index (χ3n) is 4.99. The Kier molecular flexibility index (Phi) is 4.55. The summed E-state index contributed by atoms with van der Waals surface area (Å²) < 4.78 is 5.47. The van der Waals surface area contributed by atoms with Crippen molar-refractivity contribution in [3.63, 3.8) is 0 Å². The lowest BCUT2D eigenvalue weighted by Crippen LogP contribution is -2.45. The zero-order valence-corrected chi connectivity index (χ0v) is 11.6. The van der Waals surface area contributed by atoms with Crippen LogP contribution >= 0.6 is 0 Å². The molecule has 3 heteroatoms. The van der Waals surface area contributed by atoms with E-state index in [9.17, 15) is 0 Å². The molecule has 3 rings (SSSR count). The number of piperidine rings is 1. The standard InChI is InChI=1S/C15H28N2O/c1-2-8-17-9-3-7-16(13-15(17)4-1)12-14-5-10-18-11-6-14/h14-15H,1-13H2. The van der Waals surface area contributed by atoms with Crippen LogP contribution in [-0.2, 0) is 4.74 Å². The summed E-state index contributed by atoms with van der Waals surface area (Å²) in [6.07, 6.45) is 8.25. The van der Waals surface area contributed by atoms with Gasteiger partial charge in [-0.05, 0) is 57.7 Å². The van der Waals surface area contributed by atoms with Crippen molar-refractivity contribution in [3.05, 3.63) is 0 Å². The molecule has 3 aliphatic heterocycles. The molecule has 0 aliphatic carbocycles. The first-order valence-electron chi connectivity index (χ1n) is 7.96. The van der Waals surface area contributed by atoms with Crippen LogP contribution in [0.3, 0.4) is 0 Å². The van der Waals surface area contributed by atoms with Crippen LogP contribution in [-0.4, -0.2) is 61.8 Å². The minimum Gasteiger partial charge on any atom is -0.381 e. The van der Waals surface area contributed by atoms with Gasteiger partial charge >= 0.3 is 0 Å². The second kappa shape index (κ2) is 6.36. The number of rotatable bonds is 2. The topological polar surface area (TPSA) is 15.7 Å². The van der Waals surface area contributed by atoms with Crippen molar-refractivity contribution in [1.82, 2.24) is 9.80 Å². The summed E-state index contributed by atoms with van der Waals surface area (Å²) in [5.41, 5.74) is 0. The van der Waals surface area contributed by atoms with Gasteiger partial charge in [-0.1, -0.05) is 6.42 Å². The molecular formula is C15H28N2O. The van der Waals surface area contributed by atoms with E-state index in [0.717, 1.165) is 25.2 Å². The first-order valence-corrected chi connectivity index (χ1v) is 7.96. The van der Waals surface area contributed by atoms with E-state index in [2.05, 4.69) is 9.80 Å². The Morgan fingerprint density at radius 1 is 0.889 bits per heavy atom. The van der Waals surface area contributed by atoms with Crippen LogP contribution in [0.4, 0.5) is 0 Å². The minimum atomic E-state index is 0.862. The number of fused-ring (bicyclic) bond motifs is 1. The van der Waals surface area contributed by atoms with Crippen molar-refractivity contribution >= 4 is 0 Å². The fraction of sp³-hybridized carbons (Fsp3) is 1.00. The third-order valence-corrected chi connectivity index (χ3v) is 4.99. The first kappa shape index (κ1) is 12.9. The molecule has 18 heavy (non-hydrogen) atoms. The van der Waals surface area contributed by atoms with Crippen molar-refractivity contribution < 1.29 is 4.74 Å². The summed E-state index contributed by atoms with van der Waals surface area (Å²) >= 11 is 0. The molecule has 0 amide bonds. The van der Waals surface area contributed by atoms with Gasteiger partial charge in [0.05, 0.1) is 0 Å². The van der Waals surface area contributed by atoms with Gasteiger partial charge in [0.1, 0.15) is 0 Å². The molecule has 3 aliphatic rings. The van der Waals surface area contributed by atoms with E-state index in [1.165, 1.54) is 71.2 Å². The monoisotopic (exact) mass is 252 g/mol. The summed E-state index contributed by atoms with van der Waals surface area (Å²) in [7, 11) is 0.